The molecule has 1 aliphatic carbocycles. The number of alkyl halides is 1. The number of hydrogen-bond acceptors (Lipinski definition) is 9. The number of benzene rings is 1. The van der Waals surface area contributed by atoms with E-state index in [0.717, 1.165) is 92.8 Å². The van der Waals surface area contributed by atoms with Crippen LogP contribution in [0.2, 0.25) is 0 Å². The number of aromatic nitrogens is 2. The quantitative estimate of drug-likeness (QED) is 0.516. The van der Waals surface area contributed by atoms with Crippen LogP contribution in [-0.2, 0) is 28.1 Å². The molecule has 0 amide bonds. The zero-order valence-corrected chi connectivity index (χ0v) is 25.0. The van der Waals surface area contributed by atoms with Gasteiger partial charge in [0.25, 0.3) is 0 Å². The number of nitrogen functional groups attached to an aromatic ring is 1. The molecule has 2 spiro atoms. The maximum atomic E-state index is 14.5. The number of nitrogens with zero attached hydrogens (tertiary/aromatic N) is 5. The highest BCUT2D eigenvalue weighted by Crippen LogP contribution is 2.52. The minimum Gasteiger partial charge on any atom is -0.461 e. The lowest BCUT2D eigenvalue weighted by atomic mass is 9.69. The van der Waals surface area contributed by atoms with Gasteiger partial charge in [0.05, 0.1) is 35.5 Å². The van der Waals surface area contributed by atoms with Gasteiger partial charge < -0.3 is 24.8 Å². The lowest BCUT2D eigenvalue weighted by molar-refractivity contribution is -0.0876. The van der Waals surface area contributed by atoms with Gasteiger partial charge in [-0.2, -0.15) is 15.2 Å². The number of rotatable bonds is 4. The highest BCUT2D eigenvalue weighted by Gasteiger charge is 2.52. The molecule has 0 saturated carbocycles. The lowest BCUT2D eigenvalue weighted by Gasteiger charge is -2.56. The second-order valence-electron chi connectivity index (χ2n) is 13.9. The molecule has 8 rings (SSSR count). The summed E-state index contributed by atoms with van der Waals surface area (Å²) < 4.78 is 33.8. The maximum Gasteiger partial charge on any atom is 0.318 e. The van der Waals surface area contributed by atoms with Crippen molar-refractivity contribution in [3.05, 3.63) is 40.1 Å². The molecule has 6 heterocycles. The third-order valence-electron chi connectivity index (χ3n) is 11.5. The molecule has 10 heteroatoms. The van der Waals surface area contributed by atoms with Crippen molar-refractivity contribution in [1.82, 2.24) is 14.9 Å². The Balaban J connectivity index is 1.19. The summed E-state index contributed by atoms with van der Waals surface area (Å²) in [5, 5.41) is 10.2. The van der Waals surface area contributed by atoms with Gasteiger partial charge in [-0.3, -0.25) is 4.90 Å². The van der Waals surface area contributed by atoms with E-state index in [4.69, 9.17) is 29.9 Å². The summed E-state index contributed by atoms with van der Waals surface area (Å²) in [4.78, 5) is 14.8. The topological polar surface area (TPSA) is 110 Å². The van der Waals surface area contributed by atoms with Gasteiger partial charge in [-0.05, 0) is 69.0 Å². The van der Waals surface area contributed by atoms with Gasteiger partial charge in [0.2, 0.25) is 0 Å². The Labute approximate surface area is 252 Å². The van der Waals surface area contributed by atoms with E-state index in [1.807, 2.05) is 6.07 Å². The number of fused-ring (bicyclic) bond motifs is 4. The van der Waals surface area contributed by atoms with E-state index in [2.05, 4.69) is 28.9 Å². The number of nitrogens with two attached hydrogens (primary N) is 1. The molecule has 43 heavy (non-hydrogen) atoms. The number of nitriles is 1. The summed E-state index contributed by atoms with van der Waals surface area (Å²) in [5.41, 5.74) is 10.3. The summed E-state index contributed by atoms with van der Waals surface area (Å²) >= 11 is 0. The maximum absolute atomic E-state index is 14.5. The first-order valence-corrected chi connectivity index (χ1v) is 16.1. The van der Waals surface area contributed by atoms with Gasteiger partial charge in [0.1, 0.15) is 30.3 Å². The Morgan fingerprint density at radius 2 is 2.09 bits per heavy atom. The van der Waals surface area contributed by atoms with Crippen LogP contribution in [0.1, 0.15) is 92.2 Å². The first-order chi connectivity index (χ1) is 20.9. The second kappa shape index (κ2) is 10.0. The molecule has 0 bridgehead atoms. The van der Waals surface area contributed by atoms with Crippen molar-refractivity contribution in [2.24, 2.45) is 0 Å². The minimum atomic E-state index is -0.816. The summed E-state index contributed by atoms with van der Waals surface area (Å²) in [6.45, 7) is 6.74. The SMILES string of the molecule is CC1CCC2(Cc3nc(OCC45CCCN4CC(F)C5)nc(N4CCC45CCCOC5)c3CO2)c2c1ccc(N)c2C#N. The van der Waals surface area contributed by atoms with E-state index < -0.39 is 11.8 Å². The molecule has 0 radical (unpaired) electrons. The highest BCUT2D eigenvalue weighted by atomic mass is 19.1. The van der Waals surface area contributed by atoms with Crippen molar-refractivity contribution in [2.75, 3.05) is 50.1 Å². The first kappa shape index (κ1) is 27.5. The Kier molecular flexibility index (Phi) is 6.41. The molecule has 228 valence electrons. The van der Waals surface area contributed by atoms with Crippen LogP contribution in [0.15, 0.2) is 12.1 Å². The van der Waals surface area contributed by atoms with Gasteiger partial charge in [-0.15, -0.1) is 0 Å². The molecule has 4 saturated heterocycles. The van der Waals surface area contributed by atoms with Crippen LogP contribution in [0, 0.1) is 11.3 Å². The minimum absolute atomic E-state index is 0.0596. The van der Waals surface area contributed by atoms with Gasteiger partial charge in [0, 0.05) is 49.4 Å². The summed E-state index contributed by atoms with van der Waals surface area (Å²) in [5.74, 6) is 1.18. The zero-order chi connectivity index (χ0) is 29.4. The fourth-order valence-electron chi connectivity index (χ4n) is 9.08. The monoisotopic (exact) mass is 588 g/mol. The summed E-state index contributed by atoms with van der Waals surface area (Å²) in [6.07, 6.45) is 7.10. The first-order valence-electron chi connectivity index (χ1n) is 16.1. The third kappa shape index (κ3) is 4.18. The molecule has 2 N–H and O–H groups in total. The number of hydrogen-bond donors (Lipinski definition) is 1. The Bertz CT molecular complexity index is 1490. The van der Waals surface area contributed by atoms with E-state index in [0.29, 0.717) is 62.4 Å². The van der Waals surface area contributed by atoms with Crippen molar-refractivity contribution < 1.29 is 18.6 Å². The molecule has 9 nitrogen and oxygen atoms in total. The van der Waals surface area contributed by atoms with Crippen molar-refractivity contribution in [2.45, 2.75) is 100 Å². The number of ether oxygens (including phenoxy) is 3. The molecule has 5 aliphatic heterocycles. The number of halogens is 1. The Hall–Kier alpha value is -3.00. The van der Waals surface area contributed by atoms with Gasteiger partial charge >= 0.3 is 6.01 Å². The molecular weight excluding hydrogens is 547 g/mol. The normalized spacial score (nSPS) is 34.9. The van der Waals surface area contributed by atoms with Crippen molar-refractivity contribution in [3.63, 3.8) is 0 Å². The van der Waals surface area contributed by atoms with E-state index in [-0.39, 0.29) is 11.1 Å². The standard InChI is InChI=1S/C33H41FN6O3/c1-21-6-9-33(28-23(21)4-5-26(36)24(28)16-35)15-27-25(18-43-33)29(40-12-10-31(40)8-3-13-41-19-31)38-30(37-27)42-20-32-7-2-11-39(32)17-22(34)14-32/h4-5,21-22H,2-3,6-15,17-20,36H2,1H3. The van der Waals surface area contributed by atoms with Gasteiger partial charge in [-0.1, -0.05) is 13.0 Å². The molecule has 6 aliphatic rings. The summed E-state index contributed by atoms with van der Waals surface area (Å²) in [6, 6.07) is 6.66. The molecule has 1 aromatic heterocycles. The van der Waals surface area contributed by atoms with Crippen molar-refractivity contribution in [3.8, 4) is 12.1 Å². The Morgan fingerprint density at radius 1 is 1.19 bits per heavy atom. The van der Waals surface area contributed by atoms with Crippen LogP contribution in [0.25, 0.3) is 0 Å². The van der Waals surface area contributed by atoms with Crippen LogP contribution in [0.5, 0.6) is 6.01 Å². The smallest absolute Gasteiger partial charge is 0.318 e. The predicted molar refractivity (Wildman–Crippen MR) is 159 cm³/mol. The molecule has 5 atom stereocenters. The van der Waals surface area contributed by atoms with Crippen LogP contribution < -0.4 is 15.4 Å². The molecule has 5 unspecified atom stereocenters. The van der Waals surface area contributed by atoms with E-state index in [1.165, 1.54) is 0 Å². The van der Waals surface area contributed by atoms with E-state index >= 15 is 0 Å². The average Bonchev–Trinajstić information content (AvgIpc) is 3.53. The zero-order valence-electron chi connectivity index (χ0n) is 25.0. The van der Waals surface area contributed by atoms with Gasteiger partial charge in [0.15, 0.2) is 0 Å². The van der Waals surface area contributed by atoms with Crippen molar-refractivity contribution in [1.29, 1.82) is 5.26 Å². The largest absolute Gasteiger partial charge is 0.461 e. The lowest BCUT2D eigenvalue weighted by Crippen LogP contribution is -2.65. The van der Waals surface area contributed by atoms with E-state index in [9.17, 15) is 9.65 Å². The molecular formula is C33H41FN6O3. The molecule has 1 aromatic carbocycles. The van der Waals surface area contributed by atoms with Crippen LogP contribution in [-0.4, -0.2) is 71.6 Å². The second-order valence-corrected chi connectivity index (χ2v) is 13.9. The fourth-order valence-corrected chi connectivity index (χ4v) is 9.08. The third-order valence-corrected chi connectivity index (χ3v) is 11.5. The van der Waals surface area contributed by atoms with Crippen LogP contribution >= 0.6 is 0 Å². The Morgan fingerprint density at radius 3 is 2.88 bits per heavy atom. The number of anilines is 2. The van der Waals surface area contributed by atoms with E-state index in [1.54, 1.807) is 0 Å². The summed E-state index contributed by atoms with van der Waals surface area (Å²) in [7, 11) is 0. The molecule has 2 aromatic rings. The average molecular weight is 589 g/mol. The van der Waals surface area contributed by atoms with Crippen LogP contribution in [0.4, 0.5) is 15.9 Å². The fraction of sp³-hybridized carbons (Fsp3) is 0.667. The van der Waals surface area contributed by atoms with Crippen molar-refractivity contribution >= 4 is 11.5 Å². The predicted octanol–water partition coefficient (Wildman–Crippen LogP) is 4.51. The highest BCUT2D eigenvalue weighted by molar-refractivity contribution is 5.64. The van der Waals surface area contributed by atoms with Gasteiger partial charge in [-0.25, -0.2) is 4.39 Å². The van der Waals surface area contributed by atoms with Crippen LogP contribution in [0.3, 0.4) is 0 Å². The molecule has 4 fully saturated rings.